The molecule has 0 bridgehead atoms. The van der Waals surface area contributed by atoms with Gasteiger partial charge < -0.3 is 10.2 Å². The van der Waals surface area contributed by atoms with Crippen molar-refractivity contribution in [2.75, 3.05) is 0 Å². The Hall–Kier alpha value is -0.540. The molecule has 1 aliphatic carbocycles. The summed E-state index contributed by atoms with van der Waals surface area (Å²) in [5.74, 6) is 0.947. The summed E-state index contributed by atoms with van der Waals surface area (Å²) < 4.78 is 6.46. The Morgan fingerprint density at radius 2 is 2.29 bits per heavy atom. The van der Waals surface area contributed by atoms with E-state index in [0.717, 1.165) is 23.1 Å². The summed E-state index contributed by atoms with van der Waals surface area (Å²) in [4.78, 5) is 0. The first-order chi connectivity index (χ1) is 6.77. The molecule has 14 heavy (non-hydrogen) atoms. The number of halogens is 1. The Labute approximate surface area is 92.3 Å². The van der Waals surface area contributed by atoms with Crippen LogP contribution in [-0.4, -0.2) is 6.04 Å². The first kappa shape index (κ1) is 9.99. The van der Waals surface area contributed by atoms with Gasteiger partial charge in [0, 0.05) is 6.04 Å². The molecule has 0 aliphatic heterocycles. The van der Waals surface area contributed by atoms with Crippen molar-refractivity contribution in [3.05, 3.63) is 28.6 Å². The van der Waals surface area contributed by atoms with E-state index >= 15 is 0 Å². The molecular formula is C11H14BrNO. The zero-order valence-electron chi connectivity index (χ0n) is 8.00. The molecule has 1 unspecified atom stereocenters. The van der Waals surface area contributed by atoms with Crippen molar-refractivity contribution >= 4 is 21.5 Å². The molecule has 1 aromatic rings. The van der Waals surface area contributed by atoms with Gasteiger partial charge in [-0.1, -0.05) is 12.5 Å². The van der Waals surface area contributed by atoms with Crippen LogP contribution in [0.25, 0.3) is 5.57 Å². The number of furan rings is 1. The third-order valence-corrected chi connectivity index (χ3v) is 3.18. The lowest BCUT2D eigenvalue weighted by atomic mass is 10.1. The Morgan fingerprint density at radius 3 is 3.00 bits per heavy atom. The largest absolute Gasteiger partial charge is 0.463 e. The van der Waals surface area contributed by atoms with Crippen molar-refractivity contribution in [1.29, 1.82) is 0 Å². The van der Waals surface area contributed by atoms with E-state index < -0.39 is 0 Å². The molecule has 0 saturated carbocycles. The van der Waals surface area contributed by atoms with Crippen LogP contribution >= 0.6 is 15.9 Å². The Balaban J connectivity index is 2.28. The lowest BCUT2D eigenvalue weighted by molar-refractivity contribution is 0.547. The van der Waals surface area contributed by atoms with Crippen molar-refractivity contribution in [3.63, 3.8) is 0 Å². The monoisotopic (exact) mass is 255 g/mol. The lowest BCUT2D eigenvalue weighted by Crippen LogP contribution is -2.15. The molecule has 3 heteroatoms. The van der Waals surface area contributed by atoms with E-state index in [4.69, 9.17) is 10.2 Å². The minimum absolute atomic E-state index is 0.185. The zero-order valence-corrected chi connectivity index (χ0v) is 9.59. The van der Waals surface area contributed by atoms with Crippen molar-refractivity contribution < 1.29 is 4.42 Å². The van der Waals surface area contributed by atoms with Crippen molar-refractivity contribution in [2.24, 2.45) is 5.73 Å². The van der Waals surface area contributed by atoms with Gasteiger partial charge in [-0.2, -0.15) is 0 Å². The fourth-order valence-electron chi connectivity index (χ4n) is 1.83. The van der Waals surface area contributed by atoms with Gasteiger partial charge in [0.05, 0.1) is 10.7 Å². The van der Waals surface area contributed by atoms with Gasteiger partial charge >= 0.3 is 0 Å². The van der Waals surface area contributed by atoms with Crippen LogP contribution in [0.3, 0.4) is 0 Å². The van der Waals surface area contributed by atoms with Crippen LogP contribution in [-0.2, 0) is 0 Å². The second-order valence-electron chi connectivity index (χ2n) is 3.70. The molecule has 1 aromatic heterocycles. The summed E-state index contributed by atoms with van der Waals surface area (Å²) in [5, 5.41) is 0. The van der Waals surface area contributed by atoms with Gasteiger partial charge in [-0.25, -0.2) is 0 Å². The van der Waals surface area contributed by atoms with E-state index in [0.29, 0.717) is 0 Å². The van der Waals surface area contributed by atoms with Crippen LogP contribution in [0.1, 0.15) is 31.4 Å². The molecule has 1 atom stereocenters. The van der Waals surface area contributed by atoms with E-state index in [-0.39, 0.29) is 6.04 Å². The second kappa shape index (κ2) is 4.32. The van der Waals surface area contributed by atoms with Gasteiger partial charge in [0.25, 0.3) is 0 Å². The van der Waals surface area contributed by atoms with Crippen molar-refractivity contribution in [2.45, 2.75) is 31.7 Å². The lowest BCUT2D eigenvalue weighted by Gasteiger charge is -2.04. The van der Waals surface area contributed by atoms with Gasteiger partial charge in [-0.15, -0.1) is 0 Å². The average molecular weight is 256 g/mol. The average Bonchev–Trinajstić information content (AvgIpc) is 2.45. The quantitative estimate of drug-likeness (QED) is 0.837. The van der Waals surface area contributed by atoms with Crippen LogP contribution in [0, 0.1) is 0 Å². The maximum atomic E-state index is 5.95. The highest BCUT2D eigenvalue weighted by Gasteiger charge is 2.14. The number of hydrogen-bond acceptors (Lipinski definition) is 2. The number of rotatable bonds is 1. The fraction of sp³-hybridized carbons (Fsp3) is 0.455. The maximum Gasteiger partial charge on any atom is 0.143 e. The molecule has 0 saturated heterocycles. The third-order valence-electron chi connectivity index (χ3n) is 2.56. The van der Waals surface area contributed by atoms with Crippen LogP contribution in [0.15, 0.2) is 27.3 Å². The van der Waals surface area contributed by atoms with Crippen LogP contribution in [0.4, 0.5) is 0 Å². The van der Waals surface area contributed by atoms with E-state index in [9.17, 15) is 0 Å². The number of allylic oxidation sites excluding steroid dienone is 1. The summed E-state index contributed by atoms with van der Waals surface area (Å²) in [6.07, 6.45) is 8.40. The topological polar surface area (TPSA) is 39.2 Å². The first-order valence-electron chi connectivity index (χ1n) is 4.97. The molecule has 0 fully saturated rings. The predicted octanol–water partition coefficient (Wildman–Crippen LogP) is 3.33. The SMILES string of the molecule is NC1C=C(c2occc2Br)CCCC1. The molecule has 76 valence electrons. The van der Waals surface area contributed by atoms with Crippen molar-refractivity contribution in [1.82, 2.24) is 0 Å². The summed E-state index contributed by atoms with van der Waals surface area (Å²) in [6, 6.07) is 2.11. The van der Waals surface area contributed by atoms with E-state index in [1.54, 1.807) is 6.26 Å². The fourth-order valence-corrected chi connectivity index (χ4v) is 2.29. The minimum Gasteiger partial charge on any atom is -0.463 e. The molecule has 2 N–H and O–H groups in total. The van der Waals surface area contributed by atoms with Crippen LogP contribution < -0.4 is 5.73 Å². The smallest absolute Gasteiger partial charge is 0.143 e. The molecule has 2 nitrogen and oxygen atoms in total. The van der Waals surface area contributed by atoms with Crippen molar-refractivity contribution in [3.8, 4) is 0 Å². The molecule has 1 heterocycles. The van der Waals surface area contributed by atoms with Gasteiger partial charge in [0.1, 0.15) is 5.76 Å². The van der Waals surface area contributed by atoms with E-state index in [1.807, 2.05) is 6.07 Å². The van der Waals surface area contributed by atoms with Gasteiger partial charge in [-0.05, 0) is 46.8 Å². The molecule has 0 spiro atoms. The Bertz CT molecular complexity index is 343. The van der Waals surface area contributed by atoms with Gasteiger partial charge in [0.15, 0.2) is 0 Å². The van der Waals surface area contributed by atoms with E-state index in [2.05, 4.69) is 22.0 Å². The second-order valence-corrected chi connectivity index (χ2v) is 4.55. The predicted molar refractivity (Wildman–Crippen MR) is 60.8 cm³/mol. The van der Waals surface area contributed by atoms with Crippen LogP contribution in [0.5, 0.6) is 0 Å². The Morgan fingerprint density at radius 1 is 1.43 bits per heavy atom. The van der Waals surface area contributed by atoms with Gasteiger partial charge in [0.2, 0.25) is 0 Å². The zero-order chi connectivity index (χ0) is 9.97. The molecule has 0 radical (unpaired) electrons. The summed E-state index contributed by atoms with van der Waals surface area (Å²) >= 11 is 3.47. The number of nitrogens with two attached hydrogens (primary N) is 1. The maximum absolute atomic E-state index is 5.95. The Kier molecular flexibility index (Phi) is 3.08. The minimum atomic E-state index is 0.185. The summed E-state index contributed by atoms with van der Waals surface area (Å²) in [6.45, 7) is 0. The summed E-state index contributed by atoms with van der Waals surface area (Å²) in [5.41, 5.74) is 7.19. The van der Waals surface area contributed by atoms with E-state index in [1.165, 1.54) is 18.4 Å². The van der Waals surface area contributed by atoms with Gasteiger partial charge in [-0.3, -0.25) is 0 Å². The number of hydrogen-bond donors (Lipinski definition) is 1. The highest BCUT2D eigenvalue weighted by Crippen LogP contribution is 2.31. The standard InChI is InChI=1S/C11H14BrNO/c12-10-5-6-14-11(10)8-3-1-2-4-9(13)7-8/h5-7,9H,1-4,13H2. The summed E-state index contributed by atoms with van der Waals surface area (Å²) in [7, 11) is 0. The highest BCUT2D eigenvalue weighted by atomic mass is 79.9. The molecule has 2 rings (SSSR count). The molecule has 1 aliphatic rings. The molecule has 0 amide bonds. The normalized spacial score (nSPS) is 23.0. The first-order valence-corrected chi connectivity index (χ1v) is 5.76. The highest BCUT2D eigenvalue weighted by molar-refractivity contribution is 9.10. The molecule has 0 aromatic carbocycles. The van der Waals surface area contributed by atoms with Crippen LogP contribution in [0.2, 0.25) is 0 Å². The third kappa shape index (κ3) is 2.10. The molecular weight excluding hydrogens is 242 g/mol.